The van der Waals surface area contributed by atoms with Gasteiger partial charge in [-0.25, -0.2) is 9.97 Å². The van der Waals surface area contributed by atoms with Crippen molar-refractivity contribution in [3.8, 4) is 0 Å². The smallest absolute Gasteiger partial charge is 0.137 e. The summed E-state index contributed by atoms with van der Waals surface area (Å²) in [5, 5.41) is 4.35. The summed E-state index contributed by atoms with van der Waals surface area (Å²) in [5.41, 5.74) is 0.932. The second kappa shape index (κ2) is 4.49. The van der Waals surface area contributed by atoms with Gasteiger partial charge in [0.1, 0.15) is 17.9 Å². The van der Waals surface area contributed by atoms with Crippen LogP contribution in [0.3, 0.4) is 0 Å². The van der Waals surface area contributed by atoms with Gasteiger partial charge in [-0.15, -0.1) is 0 Å². The number of furan rings is 1. The van der Waals surface area contributed by atoms with E-state index in [4.69, 9.17) is 4.42 Å². The molecule has 1 unspecified atom stereocenters. The third-order valence-electron chi connectivity index (χ3n) is 2.87. The van der Waals surface area contributed by atoms with Crippen molar-refractivity contribution in [3.63, 3.8) is 0 Å². The number of nitrogens with one attached hydrogen (secondary N) is 1. The molecular weight excluding hydrogens is 226 g/mol. The first-order valence-corrected chi connectivity index (χ1v) is 5.84. The van der Waals surface area contributed by atoms with E-state index in [0.717, 1.165) is 22.5 Å². The summed E-state index contributed by atoms with van der Waals surface area (Å²) in [6.45, 7) is 2.04. The zero-order valence-electron chi connectivity index (χ0n) is 10.00. The highest BCUT2D eigenvalue weighted by Gasteiger charge is 2.10. The molecule has 90 valence electrons. The van der Waals surface area contributed by atoms with Crippen molar-refractivity contribution in [2.75, 3.05) is 5.32 Å². The lowest BCUT2D eigenvalue weighted by molar-refractivity contribution is 0.490. The summed E-state index contributed by atoms with van der Waals surface area (Å²) >= 11 is 0. The van der Waals surface area contributed by atoms with Crippen LogP contribution in [0.25, 0.3) is 10.9 Å². The van der Waals surface area contributed by atoms with E-state index in [0.29, 0.717) is 0 Å². The fourth-order valence-electron chi connectivity index (χ4n) is 1.93. The Hall–Kier alpha value is -2.36. The molecule has 3 rings (SSSR count). The maximum atomic E-state index is 5.37. The number of hydrogen-bond acceptors (Lipinski definition) is 4. The van der Waals surface area contributed by atoms with Gasteiger partial charge in [0.15, 0.2) is 0 Å². The minimum absolute atomic E-state index is 0.0679. The standard InChI is InChI=1S/C14H13N3O/c1-10(13-7-4-8-18-13)17-14-11-5-2-3-6-12(11)15-9-16-14/h2-10H,1H3,(H,15,16,17). The van der Waals surface area contributed by atoms with Gasteiger partial charge in [0.25, 0.3) is 0 Å². The lowest BCUT2D eigenvalue weighted by Gasteiger charge is -2.13. The monoisotopic (exact) mass is 239 g/mol. The first kappa shape index (κ1) is 10.8. The predicted molar refractivity (Wildman–Crippen MR) is 70.3 cm³/mol. The SMILES string of the molecule is CC(Nc1ncnc2ccccc12)c1ccco1. The van der Waals surface area contributed by atoms with Gasteiger partial charge in [0, 0.05) is 5.39 Å². The minimum Gasteiger partial charge on any atom is -0.467 e. The van der Waals surface area contributed by atoms with Crippen LogP contribution in [0.5, 0.6) is 0 Å². The first-order valence-electron chi connectivity index (χ1n) is 5.84. The largest absolute Gasteiger partial charge is 0.467 e. The van der Waals surface area contributed by atoms with Crippen LogP contribution in [-0.4, -0.2) is 9.97 Å². The van der Waals surface area contributed by atoms with Gasteiger partial charge in [-0.2, -0.15) is 0 Å². The fourth-order valence-corrected chi connectivity index (χ4v) is 1.93. The minimum atomic E-state index is 0.0679. The molecule has 2 heterocycles. The van der Waals surface area contributed by atoms with E-state index in [2.05, 4.69) is 15.3 Å². The van der Waals surface area contributed by atoms with Crippen molar-refractivity contribution in [1.82, 2.24) is 9.97 Å². The highest BCUT2D eigenvalue weighted by molar-refractivity contribution is 5.88. The molecule has 4 heteroatoms. The van der Waals surface area contributed by atoms with E-state index in [1.165, 1.54) is 0 Å². The summed E-state index contributed by atoms with van der Waals surface area (Å²) in [6, 6.07) is 11.8. The molecule has 3 aromatic rings. The van der Waals surface area contributed by atoms with Gasteiger partial charge >= 0.3 is 0 Å². The van der Waals surface area contributed by atoms with Crippen molar-refractivity contribution in [1.29, 1.82) is 0 Å². The van der Waals surface area contributed by atoms with Crippen LogP contribution in [0.1, 0.15) is 18.7 Å². The fraction of sp³-hybridized carbons (Fsp3) is 0.143. The van der Waals surface area contributed by atoms with Crippen LogP contribution in [-0.2, 0) is 0 Å². The van der Waals surface area contributed by atoms with Gasteiger partial charge in [-0.3, -0.25) is 0 Å². The molecular formula is C14H13N3O. The van der Waals surface area contributed by atoms with Crippen molar-refractivity contribution >= 4 is 16.7 Å². The number of rotatable bonds is 3. The van der Waals surface area contributed by atoms with E-state index in [9.17, 15) is 0 Å². The molecule has 2 aromatic heterocycles. The summed E-state index contributed by atoms with van der Waals surface area (Å²) in [4.78, 5) is 8.53. The Morgan fingerprint density at radius 2 is 2.00 bits per heavy atom. The predicted octanol–water partition coefficient (Wildman–Crippen LogP) is 3.40. The number of anilines is 1. The highest BCUT2D eigenvalue weighted by Crippen LogP contribution is 2.23. The van der Waals surface area contributed by atoms with Gasteiger partial charge in [-0.05, 0) is 31.2 Å². The van der Waals surface area contributed by atoms with Crippen LogP contribution in [0.2, 0.25) is 0 Å². The first-order chi connectivity index (χ1) is 8.84. The molecule has 1 N–H and O–H groups in total. The molecule has 0 saturated heterocycles. The summed E-state index contributed by atoms with van der Waals surface area (Å²) in [5.74, 6) is 1.71. The number of hydrogen-bond donors (Lipinski definition) is 1. The Morgan fingerprint density at radius 1 is 1.11 bits per heavy atom. The average Bonchev–Trinajstić information content (AvgIpc) is 2.93. The van der Waals surface area contributed by atoms with Crippen molar-refractivity contribution < 1.29 is 4.42 Å². The average molecular weight is 239 g/mol. The maximum absolute atomic E-state index is 5.37. The molecule has 0 spiro atoms. The number of benzene rings is 1. The number of aromatic nitrogens is 2. The summed E-state index contributed by atoms with van der Waals surface area (Å²) in [6.07, 6.45) is 3.24. The molecule has 0 aliphatic heterocycles. The molecule has 0 amide bonds. The van der Waals surface area contributed by atoms with Gasteiger partial charge in [-0.1, -0.05) is 12.1 Å². The van der Waals surface area contributed by atoms with Gasteiger partial charge in [0.2, 0.25) is 0 Å². The quantitative estimate of drug-likeness (QED) is 0.761. The van der Waals surface area contributed by atoms with Crippen molar-refractivity contribution in [2.24, 2.45) is 0 Å². The Labute approximate surface area is 105 Å². The van der Waals surface area contributed by atoms with E-state index in [1.807, 2.05) is 43.3 Å². The zero-order chi connectivity index (χ0) is 12.4. The molecule has 18 heavy (non-hydrogen) atoms. The van der Waals surface area contributed by atoms with Gasteiger partial charge < -0.3 is 9.73 Å². The van der Waals surface area contributed by atoms with Gasteiger partial charge in [0.05, 0.1) is 17.8 Å². The lowest BCUT2D eigenvalue weighted by atomic mass is 10.2. The Balaban J connectivity index is 1.95. The summed E-state index contributed by atoms with van der Waals surface area (Å²) in [7, 11) is 0. The Morgan fingerprint density at radius 3 is 2.83 bits per heavy atom. The third-order valence-corrected chi connectivity index (χ3v) is 2.87. The Bertz CT molecular complexity index is 644. The van der Waals surface area contributed by atoms with E-state index in [1.54, 1.807) is 12.6 Å². The van der Waals surface area contributed by atoms with E-state index in [-0.39, 0.29) is 6.04 Å². The normalized spacial score (nSPS) is 12.5. The maximum Gasteiger partial charge on any atom is 0.137 e. The Kier molecular flexibility index (Phi) is 2.68. The molecule has 0 bridgehead atoms. The molecule has 0 fully saturated rings. The third kappa shape index (κ3) is 1.93. The van der Waals surface area contributed by atoms with Crippen molar-refractivity contribution in [3.05, 3.63) is 54.7 Å². The van der Waals surface area contributed by atoms with Crippen LogP contribution >= 0.6 is 0 Å². The molecule has 4 nitrogen and oxygen atoms in total. The molecule has 0 aliphatic rings. The van der Waals surface area contributed by atoms with Crippen LogP contribution in [0.15, 0.2) is 53.4 Å². The van der Waals surface area contributed by atoms with Crippen LogP contribution < -0.4 is 5.32 Å². The topological polar surface area (TPSA) is 51.0 Å². The van der Waals surface area contributed by atoms with Crippen LogP contribution in [0.4, 0.5) is 5.82 Å². The number of nitrogens with zero attached hydrogens (tertiary/aromatic N) is 2. The second-order valence-corrected chi connectivity index (χ2v) is 4.12. The highest BCUT2D eigenvalue weighted by atomic mass is 16.3. The van der Waals surface area contributed by atoms with E-state index < -0.39 is 0 Å². The molecule has 0 radical (unpaired) electrons. The lowest BCUT2D eigenvalue weighted by Crippen LogP contribution is -2.07. The second-order valence-electron chi connectivity index (χ2n) is 4.12. The summed E-state index contributed by atoms with van der Waals surface area (Å²) < 4.78 is 5.37. The zero-order valence-corrected chi connectivity index (χ0v) is 10.00. The molecule has 0 aliphatic carbocycles. The number of para-hydroxylation sites is 1. The van der Waals surface area contributed by atoms with Crippen LogP contribution in [0, 0.1) is 0 Å². The van der Waals surface area contributed by atoms with Crippen molar-refractivity contribution in [2.45, 2.75) is 13.0 Å². The molecule has 0 saturated carbocycles. The van der Waals surface area contributed by atoms with E-state index >= 15 is 0 Å². The molecule has 1 atom stereocenters. The molecule has 1 aromatic carbocycles. The number of fused-ring (bicyclic) bond motifs is 1.